The van der Waals surface area contributed by atoms with E-state index in [1.165, 1.54) is 0 Å². The zero-order valence-electron chi connectivity index (χ0n) is 6.76. The van der Waals surface area contributed by atoms with E-state index < -0.39 is 0 Å². The van der Waals surface area contributed by atoms with Gasteiger partial charge < -0.3 is 4.42 Å². The molecular formula is C8H14OS. The first-order chi connectivity index (χ1) is 4.93. The van der Waals surface area contributed by atoms with Crippen molar-refractivity contribution in [3.8, 4) is 0 Å². The molecule has 1 heterocycles. The minimum absolute atomic E-state index is 0.979. The zero-order valence-corrected chi connectivity index (χ0v) is 7.57. The largest absolute Gasteiger partial charge is 0.468 e. The first-order valence-corrected chi connectivity index (χ1v) is 4.84. The maximum atomic E-state index is 5.05. The molecule has 1 rings (SSSR count). The average Bonchev–Trinajstić information content (AvgIpc) is 2.46. The normalized spacial score (nSPS) is 8.30. The van der Waals surface area contributed by atoms with Gasteiger partial charge >= 0.3 is 0 Å². The van der Waals surface area contributed by atoms with Crippen molar-refractivity contribution in [1.29, 1.82) is 0 Å². The summed E-state index contributed by atoms with van der Waals surface area (Å²) in [5.41, 5.74) is 0. The molecule has 1 aromatic rings. The Labute approximate surface area is 66.8 Å². The van der Waals surface area contributed by atoms with Gasteiger partial charge in [-0.15, -0.1) is 0 Å². The van der Waals surface area contributed by atoms with Crippen LogP contribution in [0.5, 0.6) is 0 Å². The van der Waals surface area contributed by atoms with Gasteiger partial charge in [-0.3, -0.25) is 0 Å². The van der Waals surface area contributed by atoms with Crippen LogP contribution in [-0.4, -0.2) is 6.26 Å². The Hall–Kier alpha value is -0.370. The molecule has 0 aliphatic carbocycles. The molecule has 0 saturated carbocycles. The zero-order chi connectivity index (χ0) is 7.82. The van der Waals surface area contributed by atoms with Gasteiger partial charge in [-0.25, -0.2) is 0 Å². The van der Waals surface area contributed by atoms with E-state index in [1.807, 2.05) is 26.0 Å². The van der Waals surface area contributed by atoms with Crippen LogP contribution in [0, 0.1) is 0 Å². The van der Waals surface area contributed by atoms with Gasteiger partial charge in [0.2, 0.25) is 0 Å². The second-order valence-corrected chi connectivity index (χ2v) is 2.38. The monoisotopic (exact) mass is 158 g/mol. The molecule has 10 heavy (non-hydrogen) atoms. The molecule has 0 aromatic carbocycles. The molecule has 0 fully saturated rings. The van der Waals surface area contributed by atoms with Gasteiger partial charge in [0.1, 0.15) is 5.76 Å². The summed E-state index contributed by atoms with van der Waals surface area (Å²) >= 11 is 1.77. The van der Waals surface area contributed by atoms with Crippen LogP contribution < -0.4 is 0 Å². The maximum Gasteiger partial charge on any atom is 0.113 e. The quantitative estimate of drug-likeness (QED) is 0.655. The Balaban J connectivity index is 0.000000371. The van der Waals surface area contributed by atoms with E-state index in [0.29, 0.717) is 0 Å². The fraction of sp³-hybridized carbons (Fsp3) is 0.500. The Kier molecular flexibility index (Phi) is 6.50. The summed E-state index contributed by atoms with van der Waals surface area (Å²) in [6.45, 7) is 4.00. The molecule has 0 aliphatic rings. The summed E-state index contributed by atoms with van der Waals surface area (Å²) in [5.74, 6) is 2.03. The van der Waals surface area contributed by atoms with Gasteiger partial charge in [0.25, 0.3) is 0 Å². The Morgan fingerprint density at radius 2 is 2.20 bits per heavy atom. The summed E-state index contributed by atoms with van der Waals surface area (Å²) in [6, 6.07) is 3.89. The van der Waals surface area contributed by atoms with Crippen molar-refractivity contribution < 1.29 is 4.42 Å². The number of furan rings is 1. The molecular weight excluding hydrogens is 144 g/mol. The van der Waals surface area contributed by atoms with Crippen molar-refractivity contribution in [2.75, 3.05) is 6.26 Å². The highest BCUT2D eigenvalue weighted by atomic mass is 32.2. The topological polar surface area (TPSA) is 13.1 Å². The lowest BCUT2D eigenvalue weighted by Gasteiger charge is -1.86. The first-order valence-electron chi connectivity index (χ1n) is 3.45. The van der Waals surface area contributed by atoms with Crippen LogP contribution in [0.4, 0.5) is 0 Å². The van der Waals surface area contributed by atoms with Gasteiger partial charge in [0, 0.05) is 0 Å². The highest BCUT2D eigenvalue weighted by molar-refractivity contribution is 7.97. The minimum Gasteiger partial charge on any atom is -0.468 e. The van der Waals surface area contributed by atoms with Crippen molar-refractivity contribution in [2.45, 2.75) is 19.6 Å². The lowest BCUT2D eigenvalue weighted by atomic mass is 10.5. The molecule has 1 nitrogen and oxygen atoms in total. The van der Waals surface area contributed by atoms with Gasteiger partial charge in [0.05, 0.1) is 12.0 Å². The van der Waals surface area contributed by atoms with Crippen LogP contribution in [0.25, 0.3) is 0 Å². The van der Waals surface area contributed by atoms with E-state index in [1.54, 1.807) is 18.0 Å². The summed E-state index contributed by atoms with van der Waals surface area (Å²) < 4.78 is 5.05. The van der Waals surface area contributed by atoms with E-state index in [2.05, 4.69) is 6.26 Å². The Morgan fingerprint density at radius 3 is 2.60 bits per heavy atom. The lowest BCUT2D eigenvalue weighted by Crippen LogP contribution is -1.68. The molecule has 2 heteroatoms. The van der Waals surface area contributed by atoms with Gasteiger partial charge in [-0.1, -0.05) is 13.8 Å². The molecule has 0 spiro atoms. The Morgan fingerprint density at radius 1 is 1.50 bits per heavy atom. The van der Waals surface area contributed by atoms with Crippen molar-refractivity contribution >= 4 is 11.8 Å². The molecule has 0 bridgehead atoms. The second kappa shape index (κ2) is 6.75. The molecule has 1 aromatic heterocycles. The third-order valence-electron chi connectivity index (χ3n) is 0.867. The third kappa shape index (κ3) is 3.62. The fourth-order valence-corrected chi connectivity index (χ4v) is 0.986. The molecule has 0 amide bonds. The van der Waals surface area contributed by atoms with E-state index in [4.69, 9.17) is 4.42 Å². The SMILES string of the molecule is CC.CSCc1ccco1. The summed E-state index contributed by atoms with van der Waals surface area (Å²) in [5, 5.41) is 0. The minimum atomic E-state index is 0.979. The standard InChI is InChI=1S/C6H8OS.C2H6/c1-8-5-6-3-2-4-7-6;1-2/h2-4H,5H2,1H3;1-2H3. The number of hydrogen-bond donors (Lipinski definition) is 0. The molecule has 0 N–H and O–H groups in total. The van der Waals surface area contributed by atoms with Crippen LogP contribution in [0.2, 0.25) is 0 Å². The summed E-state index contributed by atoms with van der Waals surface area (Å²) in [7, 11) is 0. The summed E-state index contributed by atoms with van der Waals surface area (Å²) in [4.78, 5) is 0. The van der Waals surface area contributed by atoms with Crippen molar-refractivity contribution in [3.05, 3.63) is 24.2 Å². The molecule has 0 saturated heterocycles. The van der Waals surface area contributed by atoms with Crippen molar-refractivity contribution in [1.82, 2.24) is 0 Å². The van der Waals surface area contributed by atoms with E-state index in [9.17, 15) is 0 Å². The maximum absolute atomic E-state index is 5.05. The van der Waals surface area contributed by atoms with Crippen molar-refractivity contribution in [3.63, 3.8) is 0 Å². The van der Waals surface area contributed by atoms with E-state index in [0.717, 1.165) is 11.5 Å². The van der Waals surface area contributed by atoms with E-state index >= 15 is 0 Å². The highest BCUT2D eigenvalue weighted by Gasteiger charge is 1.89. The molecule has 0 atom stereocenters. The van der Waals surface area contributed by atoms with Gasteiger partial charge in [-0.2, -0.15) is 11.8 Å². The first kappa shape index (κ1) is 9.63. The van der Waals surface area contributed by atoms with Crippen LogP contribution in [0.3, 0.4) is 0 Å². The smallest absolute Gasteiger partial charge is 0.113 e. The molecule has 0 unspecified atom stereocenters. The molecule has 0 aliphatic heterocycles. The fourth-order valence-electron chi connectivity index (χ4n) is 0.537. The van der Waals surface area contributed by atoms with Crippen LogP contribution in [0.15, 0.2) is 22.8 Å². The number of hydrogen-bond acceptors (Lipinski definition) is 2. The predicted molar refractivity (Wildman–Crippen MR) is 47.3 cm³/mol. The Bertz CT molecular complexity index is 135. The second-order valence-electron chi connectivity index (χ2n) is 1.51. The van der Waals surface area contributed by atoms with Gasteiger partial charge in [0.15, 0.2) is 0 Å². The lowest BCUT2D eigenvalue weighted by molar-refractivity contribution is 0.530. The van der Waals surface area contributed by atoms with Crippen LogP contribution >= 0.6 is 11.8 Å². The molecule has 0 radical (unpaired) electrons. The van der Waals surface area contributed by atoms with Crippen molar-refractivity contribution in [2.24, 2.45) is 0 Å². The van der Waals surface area contributed by atoms with Crippen LogP contribution in [-0.2, 0) is 5.75 Å². The average molecular weight is 158 g/mol. The van der Waals surface area contributed by atoms with E-state index in [-0.39, 0.29) is 0 Å². The highest BCUT2D eigenvalue weighted by Crippen LogP contribution is 2.07. The third-order valence-corrected chi connectivity index (χ3v) is 1.44. The van der Waals surface area contributed by atoms with Crippen LogP contribution in [0.1, 0.15) is 19.6 Å². The molecule has 58 valence electrons. The summed E-state index contributed by atoms with van der Waals surface area (Å²) in [6.07, 6.45) is 3.76. The number of rotatable bonds is 2. The number of thioether (sulfide) groups is 1. The predicted octanol–water partition coefficient (Wildman–Crippen LogP) is 3.17. The van der Waals surface area contributed by atoms with Gasteiger partial charge in [-0.05, 0) is 18.4 Å².